The third-order valence-corrected chi connectivity index (χ3v) is 12.7. The lowest BCUT2D eigenvalue weighted by Gasteiger charge is -2.47. The van der Waals surface area contributed by atoms with Crippen molar-refractivity contribution in [2.24, 2.45) is 23.7 Å². The Morgan fingerprint density at radius 3 is 2.39 bits per heavy atom. The van der Waals surface area contributed by atoms with Gasteiger partial charge in [0.2, 0.25) is 0 Å². The van der Waals surface area contributed by atoms with Gasteiger partial charge in [-0.15, -0.1) is 0 Å². The highest BCUT2D eigenvalue weighted by molar-refractivity contribution is 6.00. The van der Waals surface area contributed by atoms with Gasteiger partial charge < -0.3 is 38.6 Å². The summed E-state index contributed by atoms with van der Waals surface area (Å²) in [5, 5.41) is 13.5. The summed E-state index contributed by atoms with van der Waals surface area (Å²) in [6.45, 7) is 14.2. The Balaban J connectivity index is 1.49. The van der Waals surface area contributed by atoms with Gasteiger partial charge in [0.25, 0.3) is 0 Å². The molecule has 0 aliphatic carbocycles. The van der Waals surface area contributed by atoms with Crippen molar-refractivity contribution in [1.82, 2.24) is 14.8 Å². The number of aliphatic hydroxyl groups excluding tert-OH is 1. The van der Waals surface area contributed by atoms with E-state index in [1.165, 1.54) is 14.0 Å². The number of aromatic nitrogens is 1. The number of pyridine rings is 1. The molecule has 3 fully saturated rings. The number of carbonyl (C=O) groups is 4. The number of benzene rings is 1. The Morgan fingerprint density at radius 2 is 1.72 bits per heavy atom. The van der Waals surface area contributed by atoms with Gasteiger partial charge in [0.15, 0.2) is 17.7 Å². The number of ether oxygens (including phenoxy) is 5. The first-order valence-corrected chi connectivity index (χ1v) is 20.4. The summed E-state index contributed by atoms with van der Waals surface area (Å²) in [6.07, 6.45) is 3.89. The molecule has 3 saturated heterocycles. The van der Waals surface area contributed by atoms with E-state index in [4.69, 9.17) is 23.7 Å². The number of nitrogens with zero attached hydrogens (tertiary/aromatic N) is 3. The molecule has 3 aliphatic rings. The number of amides is 1. The number of cyclic esters (lactones) is 1. The fourth-order valence-corrected chi connectivity index (χ4v) is 9.41. The number of fused-ring (bicyclic) bond motifs is 2. The predicted molar refractivity (Wildman–Crippen MR) is 215 cm³/mol. The monoisotopic (exact) mass is 793 g/mol. The molecule has 0 saturated carbocycles. The maximum Gasteiger partial charge on any atom is 0.410 e. The topological polar surface area (TPSA) is 154 Å². The summed E-state index contributed by atoms with van der Waals surface area (Å²) in [5.41, 5.74) is -1.75. The van der Waals surface area contributed by atoms with Crippen LogP contribution in [0.2, 0.25) is 0 Å². The number of methoxy groups -OCH3 is 1. The number of Topliss-reactive ketones (excluding diaryl/α,β-unsaturated/α-hetero) is 2. The molecule has 1 amide bonds. The minimum Gasteiger partial charge on any atom is -0.458 e. The third kappa shape index (κ3) is 8.97. The summed E-state index contributed by atoms with van der Waals surface area (Å²) in [4.78, 5) is 64.7. The van der Waals surface area contributed by atoms with Gasteiger partial charge in [0, 0.05) is 60.8 Å². The molecule has 314 valence electrons. The van der Waals surface area contributed by atoms with E-state index < -0.39 is 83.4 Å². The van der Waals surface area contributed by atoms with Crippen LogP contribution in [-0.2, 0) is 38.1 Å². The number of ketones is 2. The van der Waals surface area contributed by atoms with Gasteiger partial charge in [-0.3, -0.25) is 19.4 Å². The Kier molecular flexibility index (Phi) is 14.0. The molecule has 5 rings (SSSR count). The summed E-state index contributed by atoms with van der Waals surface area (Å²) < 4.78 is 31.2. The maximum atomic E-state index is 14.7. The number of likely N-dealkylation sites (N-methyl/N-ethyl adjacent to an activating group) is 1. The van der Waals surface area contributed by atoms with E-state index in [0.717, 1.165) is 16.3 Å². The smallest absolute Gasteiger partial charge is 0.410 e. The molecule has 57 heavy (non-hydrogen) atoms. The highest BCUT2D eigenvalue weighted by atomic mass is 16.7. The van der Waals surface area contributed by atoms with E-state index in [9.17, 15) is 24.3 Å². The van der Waals surface area contributed by atoms with E-state index in [2.05, 4.69) is 4.98 Å². The van der Waals surface area contributed by atoms with E-state index >= 15 is 0 Å². The quantitative estimate of drug-likeness (QED) is 0.240. The summed E-state index contributed by atoms with van der Waals surface area (Å²) in [6, 6.07) is 6.87. The van der Waals surface area contributed by atoms with Crippen LogP contribution in [0.1, 0.15) is 86.6 Å². The Bertz CT molecular complexity index is 1800. The van der Waals surface area contributed by atoms with Crippen LogP contribution in [0.25, 0.3) is 16.8 Å². The van der Waals surface area contributed by atoms with Gasteiger partial charge in [-0.2, -0.15) is 0 Å². The zero-order valence-corrected chi connectivity index (χ0v) is 35.5. The fourth-order valence-electron chi connectivity index (χ4n) is 9.41. The lowest BCUT2D eigenvalue weighted by molar-refractivity contribution is -0.295. The van der Waals surface area contributed by atoms with Crippen molar-refractivity contribution in [3.05, 3.63) is 48.3 Å². The van der Waals surface area contributed by atoms with Gasteiger partial charge in [-0.05, 0) is 72.9 Å². The zero-order valence-electron chi connectivity index (χ0n) is 35.5. The number of esters is 1. The normalized spacial score (nSPS) is 37.4. The van der Waals surface area contributed by atoms with Crippen LogP contribution in [0.3, 0.4) is 0 Å². The molecular weight excluding hydrogens is 730 g/mol. The first-order chi connectivity index (χ1) is 26.9. The molecule has 1 N–H and O–H groups in total. The van der Waals surface area contributed by atoms with Crippen molar-refractivity contribution in [2.45, 2.75) is 135 Å². The summed E-state index contributed by atoms with van der Waals surface area (Å²) in [7, 11) is 5.24. The van der Waals surface area contributed by atoms with Gasteiger partial charge in [-0.1, -0.05) is 64.1 Å². The summed E-state index contributed by atoms with van der Waals surface area (Å²) in [5.74, 6) is -4.99. The van der Waals surface area contributed by atoms with Crippen molar-refractivity contribution in [3.63, 3.8) is 0 Å². The molecule has 13 nitrogen and oxygen atoms in total. The second-order valence-corrected chi connectivity index (χ2v) is 17.0. The van der Waals surface area contributed by atoms with E-state index in [1.807, 2.05) is 82.4 Å². The number of aliphatic hydroxyl groups is 1. The highest BCUT2D eigenvalue weighted by Gasteiger charge is 2.60. The average Bonchev–Trinajstić information content (AvgIpc) is 3.45. The fraction of sp³-hybridized carbons (Fsp3) is 0.659. The molecule has 13 atom stereocenters. The maximum absolute atomic E-state index is 14.7. The van der Waals surface area contributed by atoms with Gasteiger partial charge in [0.1, 0.15) is 23.9 Å². The molecule has 1 aromatic heterocycles. The second kappa shape index (κ2) is 18.0. The van der Waals surface area contributed by atoms with Crippen LogP contribution in [0.5, 0.6) is 0 Å². The van der Waals surface area contributed by atoms with Crippen LogP contribution in [-0.4, -0.2) is 125 Å². The standard InChI is InChI=1S/C44H63N3O10/c1-12-34-44(8)38(47(42(52)57-44)20-16-15-18-31-24-45-23-30-17-13-14-19-32(30)31)27(4)35(48)25(2)22-43(7,53-11)39(28(5)36(49)29(6)40(51)55-34)56-41-37(50)33(46(9)10)21-26(3)54-41/h13-15,17-19,23-29,33-34,37-39,41,50H,12,16,20-22H2,1-11H3/b18-15+/t25-,26-,27+,28+,29-,33+,34-,37-,38-,39-,41+,43-,44-/m1/s1. The Morgan fingerprint density at radius 1 is 1.02 bits per heavy atom. The number of rotatable bonds is 9. The van der Waals surface area contributed by atoms with Crippen molar-refractivity contribution >= 4 is 40.5 Å². The lowest BCUT2D eigenvalue weighted by Crippen LogP contribution is -2.60. The van der Waals surface area contributed by atoms with Crippen molar-refractivity contribution in [3.8, 4) is 0 Å². The molecule has 0 spiro atoms. The molecule has 2 aromatic rings. The van der Waals surface area contributed by atoms with E-state index in [-0.39, 0.29) is 37.3 Å². The van der Waals surface area contributed by atoms with Crippen LogP contribution < -0.4 is 0 Å². The van der Waals surface area contributed by atoms with Crippen molar-refractivity contribution in [2.75, 3.05) is 27.7 Å². The van der Waals surface area contributed by atoms with Gasteiger partial charge in [-0.25, -0.2) is 4.79 Å². The zero-order chi connectivity index (χ0) is 42.0. The first kappa shape index (κ1) is 44.4. The second-order valence-electron chi connectivity index (χ2n) is 17.0. The molecule has 0 radical (unpaired) electrons. The highest BCUT2D eigenvalue weighted by Crippen LogP contribution is 2.43. The predicted octanol–water partition coefficient (Wildman–Crippen LogP) is 5.84. The van der Waals surface area contributed by atoms with Gasteiger partial charge in [0.05, 0.1) is 23.9 Å². The van der Waals surface area contributed by atoms with Crippen LogP contribution in [0, 0.1) is 23.7 Å². The Hall–Kier alpha value is -3.75. The van der Waals surface area contributed by atoms with Crippen LogP contribution >= 0.6 is 0 Å². The lowest BCUT2D eigenvalue weighted by atomic mass is 9.73. The molecule has 4 heterocycles. The van der Waals surface area contributed by atoms with Crippen LogP contribution in [0.4, 0.5) is 4.79 Å². The molecule has 0 unspecified atom stereocenters. The minimum absolute atomic E-state index is 0.126. The van der Waals surface area contributed by atoms with Crippen molar-refractivity contribution < 1.29 is 48.0 Å². The number of carbonyl (C=O) groups excluding carboxylic acids is 4. The Labute approximate surface area is 337 Å². The molecule has 1 aromatic carbocycles. The number of hydrogen-bond donors (Lipinski definition) is 1. The van der Waals surface area contributed by atoms with Gasteiger partial charge >= 0.3 is 12.1 Å². The molecule has 0 bridgehead atoms. The SMILES string of the molecule is CC[C@H]1OC(=O)[C@H](C)C(=O)[C@H](C)[C@@H](O[C@@H]2O[C@H](C)C[C@H](N(C)C)[C@H]2O)[C@](C)(OC)C[C@@H](C)C(=O)[C@H](C)[C@H]2N(CC/C=C/c3cncc4ccccc34)C(=O)O[C@]12C. The minimum atomic E-state index is -1.41. The molecule has 13 heteroatoms. The third-order valence-electron chi connectivity index (χ3n) is 12.7. The average molecular weight is 794 g/mol. The van der Waals surface area contributed by atoms with E-state index in [1.54, 1.807) is 38.8 Å². The molecule has 3 aliphatic heterocycles. The van der Waals surface area contributed by atoms with E-state index in [0.29, 0.717) is 12.8 Å². The van der Waals surface area contributed by atoms with Crippen molar-refractivity contribution in [1.29, 1.82) is 0 Å². The van der Waals surface area contributed by atoms with Crippen LogP contribution in [0.15, 0.2) is 42.7 Å². The summed E-state index contributed by atoms with van der Waals surface area (Å²) >= 11 is 0. The molecular formula is C44H63N3O10. The number of hydrogen-bond acceptors (Lipinski definition) is 12. The first-order valence-electron chi connectivity index (χ1n) is 20.4. The largest absolute Gasteiger partial charge is 0.458 e.